The van der Waals surface area contributed by atoms with Gasteiger partial charge < -0.3 is 15.2 Å². The first-order valence-corrected chi connectivity index (χ1v) is 6.82. The molecule has 0 fully saturated rings. The lowest BCUT2D eigenvalue weighted by molar-refractivity contribution is 0.0605. The van der Waals surface area contributed by atoms with E-state index in [4.69, 9.17) is 49.6 Å². The molecule has 1 aromatic carbocycles. The summed E-state index contributed by atoms with van der Waals surface area (Å²) >= 11 is 0. The van der Waals surface area contributed by atoms with Crippen LogP contribution in [-0.2, 0) is 0 Å². The Morgan fingerprint density at radius 2 is 1.42 bits per heavy atom. The van der Waals surface area contributed by atoms with Gasteiger partial charge >= 0.3 is 12.0 Å². The van der Waals surface area contributed by atoms with Gasteiger partial charge in [0.1, 0.15) is 5.82 Å². The van der Waals surface area contributed by atoms with Crippen LogP contribution >= 0.6 is 0 Å². The smallest absolute Gasteiger partial charge is 0.327 e. The van der Waals surface area contributed by atoms with Crippen LogP contribution in [0.25, 0.3) is 0 Å². The molecule has 14 N–H and O–H groups in total. The molecule has 0 bridgehead atoms. The van der Waals surface area contributed by atoms with Crippen molar-refractivity contribution in [1.29, 1.82) is 0 Å². The van der Waals surface area contributed by atoms with E-state index in [9.17, 15) is 9.18 Å². The van der Waals surface area contributed by atoms with Crippen molar-refractivity contribution in [3.63, 3.8) is 0 Å². The quantitative estimate of drug-likeness (QED) is 0.149. The van der Waals surface area contributed by atoms with E-state index in [1.165, 1.54) is 12.1 Å². The van der Waals surface area contributed by atoms with Gasteiger partial charge in [0.15, 0.2) is 0 Å². The Kier molecular flexibility index (Phi) is 4.99. The third-order valence-corrected chi connectivity index (χ3v) is 2.63. The SMILES string of the molecule is Nc1c(F)cccc1C(=O)c1nc(OC(N)(N)N)nc(OC(N)(N)N)n1. The molecule has 0 saturated carbocycles. The molecule has 0 spiro atoms. The lowest BCUT2D eigenvalue weighted by Gasteiger charge is -2.21. The summed E-state index contributed by atoms with van der Waals surface area (Å²) in [6, 6.07) is 2.38. The Morgan fingerprint density at radius 1 is 0.923 bits per heavy atom. The van der Waals surface area contributed by atoms with Gasteiger partial charge in [0.05, 0.1) is 11.3 Å². The van der Waals surface area contributed by atoms with E-state index in [0.29, 0.717) is 0 Å². The summed E-state index contributed by atoms with van der Waals surface area (Å²) in [6.07, 6.45) is 0. The monoisotopic (exact) mass is 368 g/mol. The lowest BCUT2D eigenvalue weighted by atomic mass is 10.1. The zero-order valence-electron chi connectivity index (χ0n) is 13.2. The molecule has 2 aromatic rings. The van der Waals surface area contributed by atoms with E-state index in [1.807, 2.05) is 0 Å². The van der Waals surface area contributed by atoms with Crippen LogP contribution < -0.4 is 49.6 Å². The van der Waals surface area contributed by atoms with Crippen molar-refractivity contribution in [2.45, 2.75) is 11.9 Å². The number of hydrogen-bond acceptors (Lipinski definition) is 13. The number of aromatic nitrogens is 3. The molecule has 1 heterocycles. The Bertz CT molecular complexity index is 799. The Hall–Kier alpha value is -3.01. The molecule has 0 unspecified atom stereocenters. The molecule has 2 rings (SSSR count). The van der Waals surface area contributed by atoms with Gasteiger partial charge in [0, 0.05) is 0 Å². The number of rotatable bonds is 6. The van der Waals surface area contributed by atoms with Gasteiger partial charge in [-0.1, -0.05) is 6.07 Å². The second-order valence-corrected chi connectivity index (χ2v) is 5.17. The minimum atomic E-state index is -2.19. The molecule has 0 radical (unpaired) electrons. The van der Waals surface area contributed by atoms with Crippen LogP contribution in [0, 0.1) is 5.82 Å². The largest absolute Gasteiger partial charge is 0.414 e. The van der Waals surface area contributed by atoms with Crippen molar-refractivity contribution in [2.24, 2.45) is 34.4 Å². The number of halogens is 1. The molecule has 13 nitrogen and oxygen atoms in total. The average molecular weight is 368 g/mol. The van der Waals surface area contributed by atoms with E-state index < -0.39 is 47.1 Å². The number of nitrogen functional groups attached to an aromatic ring is 1. The Morgan fingerprint density at radius 3 is 1.88 bits per heavy atom. The molecule has 1 aromatic heterocycles. The fraction of sp³-hybridized carbons (Fsp3) is 0.167. The summed E-state index contributed by atoms with van der Waals surface area (Å²) in [5.41, 5.74) is 36.6. The molecular weight excluding hydrogens is 351 g/mol. The standard InChI is InChI=1S/C12H17FN10O3/c13-5-3-1-2-4(6(5)14)7(24)8-21-9(25-11(15,16)17)23-10(22-8)26-12(18,19)20/h1-3H,14-20H2. The van der Waals surface area contributed by atoms with Crippen LogP contribution in [0.15, 0.2) is 18.2 Å². The Balaban J connectivity index is 2.52. The molecule has 0 atom stereocenters. The maximum absolute atomic E-state index is 13.6. The second-order valence-electron chi connectivity index (χ2n) is 5.17. The number of nitrogens with two attached hydrogens (primary N) is 7. The molecule has 0 aliphatic rings. The summed E-state index contributed by atoms with van der Waals surface area (Å²) in [5.74, 6) is -6.67. The minimum absolute atomic E-state index is 0.230. The number of nitrogens with zero attached hydrogens (tertiary/aromatic N) is 3. The highest BCUT2D eigenvalue weighted by molar-refractivity contribution is 6.09. The topological polar surface area (TPSA) is 256 Å². The number of anilines is 1. The van der Waals surface area contributed by atoms with E-state index in [2.05, 4.69) is 15.0 Å². The number of hydrogen-bond donors (Lipinski definition) is 7. The van der Waals surface area contributed by atoms with Crippen molar-refractivity contribution in [1.82, 2.24) is 15.0 Å². The van der Waals surface area contributed by atoms with Gasteiger partial charge in [0.25, 0.3) is 11.9 Å². The molecule has 0 amide bonds. The first kappa shape index (κ1) is 19.3. The third kappa shape index (κ3) is 4.99. The summed E-state index contributed by atoms with van der Waals surface area (Å²) in [7, 11) is 0. The molecular formula is C12H17FN10O3. The highest BCUT2D eigenvalue weighted by Crippen LogP contribution is 2.20. The zero-order valence-corrected chi connectivity index (χ0v) is 13.2. The van der Waals surface area contributed by atoms with Crippen molar-refractivity contribution < 1.29 is 18.7 Å². The van der Waals surface area contributed by atoms with E-state index >= 15 is 0 Å². The van der Waals surface area contributed by atoms with Gasteiger partial charge in [-0.25, -0.2) is 4.39 Å². The molecule has 0 aliphatic heterocycles. The van der Waals surface area contributed by atoms with Crippen molar-refractivity contribution in [2.75, 3.05) is 5.73 Å². The second kappa shape index (κ2) is 6.71. The zero-order chi connectivity index (χ0) is 19.7. The van der Waals surface area contributed by atoms with Gasteiger partial charge in [-0.3, -0.25) is 39.2 Å². The van der Waals surface area contributed by atoms with Crippen LogP contribution in [0.4, 0.5) is 10.1 Å². The van der Waals surface area contributed by atoms with Crippen LogP contribution in [0.3, 0.4) is 0 Å². The van der Waals surface area contributed by atoms with Crippen LogP contribution in [0.5, 0.6) is 12.0 Å². The highest BCUT2D eigenvalue weighted by Gasteiger charge is 2.25. The summed E-state index contributed by atoms with van der Waals surface area (Å²) in [4.78, 5) is 23.5. The number of ether oxygens (including phenoxy) is 2. The fourth-order valence-corrected chi connectivity index (χ4v) is 1.70. The lowest BCUT2D eigenvalue weighted by Crippen LogP contribution is -2.63. The highest BCUT2D eigenvalue weighted by atomic mass is 19.1. The normalized spacial score (nSPS) is 12.0. The van der Waals surface area contributed by atoms with Gasteiger partial charge in [-0.2, -0.15) is 9.97 Å². The predicted octanol–water partition coefficient (Wildman–Crippen LogP) is -3.44. The first-order valence-electron chi connectivity index (χ1n) is 6.82. The van der Waals surface area contributed by atoms with E-state index in [0.717, 1.165) is 6.07 Å². The fourth-order valence-electron chi connectivity index (χ4n) is 1.70. The maximum Gasteiger partial charge on any atom is 0.327 e. The Labute approximate surface area is 145 Å². The van der Waals surface area contributed by atoms with Crippen LogP contribution in [-0.4, -0.2) is 32.7 Å². The van der Waals surface area contributed by atoms with Crippen LogP contribution in [0.1, 0.15) is 16.2 Å². The van der Waals surface area contributed by atoms with E-state index in [1.54, 1.807) is 0 Å². The number of carbonyl (C=O) groups excluding carboxylic acids is 1. The minimum Gasteiger partial charge on any atom is -0.414 e. The van der Waals surface area contributed by atoms with E-state index in [-0.39, 0.29) is 5.56 Å². The number of benzene rings is 1. The predicted molar refractivity (Wildman–Crippen MR) is 85.9 cm³/mol. The van der Waals surface area contributed by atoms with Gasteiger partial charge in [-0.15, -0.1) is 4.98 Å². The summed E-state index contributed by atoms with van der Waals surface area (Å²) in [6.45, 7) is 0. The molecule has 26 heavy (non-hydrogen) atoms. The molecule has 140 valence electrons. The third-order valence-electron chi connectivity index (χ3n) is 2.63. The van der Waals surface area contributed by atoms with Crippen molar-refractivity contribution in [3.8, 4) is 12.0 Å². The van der Waals surface area contributed by atoms with Crippen LogP contribution in [0.2, 0.25) is 0 Å². The molecule has 0 aliphatic carbocycles. The first-order chi connectivity index (χ1) is 11.9. The average Bonchev–Trinajstić information content (AvgIpc) is 2.45. The maximum atomic E-state index is 13.6. The molecule has 0 saturated heterocycles. The summed E-state index contributed by atoms with van der Waals surface area (Å²) in [5, 5.41) is 0. The molecule has 14 heteroatoms. The van der Waals surface area contributed by atoms with Crippen molar-refractivity contribution in [3.05, 3.63) is 35.4 Å². The number of ketones is 1. The van der Waals surface area contributed by atoms with Gasteiger partial charge in [-0.05, 0) is 12.1 Å². The van der Waals surface area contributed by atoms with Gasteiger partial charge in [0.2, 0.25) is 11.6 Å². The number of carbonyl (C=O) groups is 1. The van der Waals surface area contributed by atoms with Crippen molar-refractivity contribution >= 4 is 11.5 Å². The summed E-state index contributed by atoms with van der Waals surface area (Å²) < 4.78 is 23.3. The number of para-hydroxylation sites is 1.